The van der Waals surface area contributed by atoms with Crippen LogP contribution in [0, 0.1) is 11.8 Å². The van der Waals surface area contributed by atoms with Gasteiger partial charge in [0.1, 0.15) is 12.2 Å². The fourth-order valence-electron chi connectivity index (χ4n) is 5.34. The van der Waals surface area contributed by atoms with E-state index in [4.69, 9.17) is 18.9 Å². The summed E-state index contributed by atoms with van der Waals surface area (Å²) in [7, 11) is 2.37. The van der Waals surface area contributed by atoms with Crippen molar-refractivity contribution in [1.29, 1.82) is 0 Å². The molecule has 0 bridgehead atoms. The van der Waals surface area contributed by atoms with Crippen molar-refractivity contribution in [3.05, 3.63) is 70.8 Å². The summed E-state index contributed by atoms with van der Waals surface area (Å²) in [5.41, 5.74) is -0.892. The molecule has 0 spiro atoms. The second-order valence-corrected chi connectivity index (χ2v) is 10.6. The highest BCUT2D eigenvalue weighted by atomic mass is 19.4. The molecule has 3 rings (SSSR count). The molecule has 0 unspecified atom stereocenters. The molecule has 2 aliphatic rings. The van der Waals surface area contributed by atoms with E-state index >= 15 is 0 Å². The molecule has 1 saturated heterocycles. The van der Waals surface area contributed by atoms with Crippen LogP contribution < -0.4 is 0 Å². The molecule has 220 valence electrons. The number of carbonyl (C=O) groups is 2. The summed E-state index contributed by atoms with van der Waals surface area (Å²) >= 11 is 0. The Balaban J connectivity index is 1.99. The van der Waals surface area contributed by atoms with Crippen LogP contribution in [0.15, 0.2) is 65.3 Å². The molecule has 1 fully saturated rings. The largest absolute Gasteiger partial charge is 0.457 e. The topological polar surface area (TPSA) is 71.1 Å². The van der Waals surface area contributed by atoms with Crippen molar-refractivity contribution < 1.29 is 41.7 Å². The van der Waals surface area contributed by atoms with Crippen LogP contribution in [0.2, 0.25) is 0 Å². The summed E-state index contributed by atoms with van der Waals surface area (Å²) in [5.74, 6) is -2.58. The van der Waals surface area contributed by atoms with Crippen molar-refractivity contribution >= 4 is 11.9 Å². The zero-order valence-electron chi connectivity index (χ0n) is 23.8. The van der Waals surface area contributed by atoms with Crippen LogP contribution in [0.5, 0.6) is 0 Å². The summed E-state index contributed by atoms with van der Waals surface area (Å²) < 4.78 is 65.0. The lowest BCUT2D eigenvalue weighted by Crippen LogP contribution is -2.52. The van der Waals surface area contributed by atoms with Crippen molar-refractivity contribution in [1.82, 2.24) is 0 Å². The van der Waals surface area contributed by atoms with Crippen LogP contribution in [0.4, 0.5) is 13.2 Å². The smallest absolute Gasteiger partial charge is 0.432 e. The van der Waals surface area contributed by atoms with Crippen LogP contribution in [0.3, 0.4) is 0 Å². The summed E-state index contributed by atoms with van der Waals surface area (Å²) in [6, 6.07) is 6.78. The van der Waals surface area contributed by atoms with Gasteiger partial charge in [0.15, 0.2) is 0 Å². The molecule has 1 aliphatic heterocycles. The first-order valence-corrected chi connectivity index (χ1v) is 13.5. The fraction of sp³-hybridized carbons (Fsp3) is 0.548. The van der Waals surface area contributed by atoms with E-state index in [1.54, 1.807) is 13.0 Å². The van der Waals surface area contributed by atoms with E-state index < -0.39 is 35.9 Å². The zero-order valence-corrected chi connectivity index (χ0v) is 23.8. The van der Waals surface area contributed by atoms with Gasteiger partial charge >= 0.3 is 18.1 Å². The van der Waals surface area contributed by atoms with Gasteiger partial charge in [0.05, 0.1) is 12.5 Å². The second-order valence-electron chi connectivity index (χ2n) is 10.6. The number of hydrogen-bond acceptors (Lipinski definition) is 6. The van der Waals surface area contributed by atoms with E-state index in [1.165, 1.54) is 31.4 Å². The van der Waals surface area contributed by atoms with Crippen LogP contribution in [0.25, 0.3) is 0 Å². The van der Waals surface area contributed by atoms with Gasteiger partial charge in [-0.05, 0) is 64.5 Å². The lowest BCUT2D eigenvalue weighted by Gasteiger charge is -2.34. The number of allylic oxidation sites excluding steroid dienone is 4. The minimum atomic E-state index is -5.07. The Kier molecular flexibility index (Phi) is 10.8. The highest BCUT2D eigenvalue weighted by Gasteiger charge is 2.64. The summed E-state index contributed by atoms with van der Waals surface area (Å²) in [5, 5.41) is 0. The first kappa shape index (κ1) is 31.6. The maximum absolute atomic E-state index is 14.5. The maximum Gasteiger partial charge on any atom is 0.432 e. The van der Waals surface area contributed by atoms with Crippen LogP contribution >= 0.6 is 0 Å². The fourth-order valence-corrected chi connectivity index (χ4v) is 5.34. The molecule has 6 nitrogen and oxygen atoms in total. The number of ether oxygens (including phenoxy) is 4. The molecule has 0 saturated carbocycles. The number of methoxy groups -OCH3 is 2. The third-order valence-corrected chi connectivity index (χ3v) is 7.76. The molecule has 1 aromatic carbocycles. The molecular weight excluding hydrogens is 525 g/mol. The normalized spacial score (nSPS) is 30.2. The molecule has 0 N–H and O–H groups in total. The average Bonchev–Trinajstić information content (AvgIpc) is 3.18. The van der Waals surface area contributed by atoms with E-state index in [0.717, 1.165) is 31.1 Å². The standard InChI is InChI=1S/C31H39F3O6/c1-20-10-9-11-21(2)18-27-24(25(19-37-4)28(35)39-27)16-15-22(3)26(17-14-20)40-29(36)30(38-5,31(32,33)34)23-12-7-6-8-13-23/h6-8,10,12-13,15,18,24-27H,9,11,14,16-17,19H2,1-5H3/b20-10+,21-18+,22-15-/t24-,25+,26-,27-,30+/m0/s1. The number of fused-ring (bicyclic) bond motifs is 1. The van der Waals surface area contributed by atoms with E-state index in [9.17, 15) is 22.8 Å². The molecule has 0 amide bonds. The SMILES string of the molecule is COC[C@H]1C(=O)O[C@H]2/C=C(\C)CC/C=C(\C)CC[C@H](OC(=O)[C@](OC)(c3ccccc3)C(F)(F)F)/C(C)=C\C[C@H]21. The Morgan fingerprint density at radius 1 is 1.02 bits per heavy atom. The van der Waals surface area contributed by atoms with Crippen molar-refractivity contribution in [2.45, 2.75) is 76.9 Å². The first-order valence-electron chi connectivity index (χ1n) is 13.5. The summed E-state index contributed by atoms with van der Waals surface area (Å²) in [4.78, 5) is 26.0. The number of esters is 2. The van der Waals surface area contributed by atoms with Crippen molar-refractivity contribution in [2.24, 2.45) is 11.8 Å². The summed E-state index contributed by atoms with van der Waals surface area (Å²) in [6.45, 7) is 5.88. The van der Waals surface area contributed by atoms with Gasteiger partial charge in [-0.2, -0.15) is 13.2 Å². The third kappa shape index (κ3) is 7.04. The molecule has 0 aromatic heterocycles. The van der Waals surface area contributed by atoms with Gasteiger partial charge in [-0.25, -0.2) is 4.79 Å². The Hall–Kier alpha value is -2.91. The molecule has 40 heavy (non-hydrogen) atoms. The second kappa shape index (κ2) is 13.6. The van der Waals surface area contributed by atoms with E-state index in [-0.39, 0.29) is 24.1 Å². The van der Waals surface area contributed by atoms with Crippen LogP contribution in [-0.2, 0) is 34.1 Å². The number of hydrogen-bond donors (Lipinski definition) is 0. The van der Waals surface area contributed by atoms with Gasteiger partial charge in [0, 0.05) is 25.7 Å². The quantitative estimate of drug-likeness (QED) is 0.286. The third-order valence-electron chi connectivity index (χ3n) is 7.76. The highest BCUT2D eigenvalue weighted by Crippen LogP contribution is 2.44. The van der Waals surface area contributed by atoms with Gasteiger partial charge < -0.3 is 18.9 Å². The average molecular weight is 565 g/mol. The molecular formula is C31H39F3O6. The van der Waals surface area contributed by atoms with Crippen molar-refractivity contribution in [3.8, 4) is 0 Å². The Morgan fingerprint density at radius 3 is 2.35 bits per heavy atom. The van der Waals surface area contributed by atoms with E-state index in [1.807, 2.05) is 26.0 Å². The van der Waals surface area contributed by atoms with Gasteiger partial charge in [-0.3, -0.25) is 4.79 Å². The maximum atomic E-state index is 14.5. The first-order chi connectivity index (χ1) is 18.9. The Bertz CT molecular complexity index is 1120. The van der Waals surface area contributed by atoms with Crippen LogP contribution in [-0.4, -0.2) is 51.1 Å². The monoisotopic (exact) mass is 564 g/mol. The lowest BCUT2D eigenvalue weighted by atomic mass is 9.85. The predicted molar refractivity (Wildman–Crippen MR) is 144 cm³/mol. The molecule has 0 radical (unpaired) electrons. The number of rotatable bonds is 6. The Labute approximate surface area is 234 Å². The minimum absolute atomic E-state index is 0.194. The van der Waals surface area contributed by atoms with Gasteiger partial charge in [-0.1, -0.05) is 53.6 Å². The number of alkyl halides is 3. The molecule has 1 aliphatic carbocycles. The number of benzene rings is 1. The molecule has 1 heterocycles. The van der Waals surface area contributed by atoms with Gasteiger partial charge in [0.25, 0.3) is 5.60 Å². The highest BCUT2D eigenvalue weighted by molar-refractivity contribution is 5.83. The van der Waals surface area contributed by atoms with Gasteiger partial charge in [0.2, 0.25) is 0 Å². The molecule has 1 aromatic rings. The lowest BCUT2D eigenvalue weighted by molar-refractivity contribution is -0.277. The Morgan fingerprint density at radius 2 is 1.73 bits per heavy atom. The van der Waals surface area contributed by atoms with Crippen molar-refractivity contribution in [2.75, 3.05) is 20.8 Å². The van der Waals surface area contributed by atoms with E-state index in [2.05, 4.69) is 6.08 Å². The van der Waals surface area contributed by atoms with Crippen LogP contribution in [0.1, 0.15) is 58.4 Å². The van der Waals surface area contributed by atoms with Gasteiger partial charge in [-0.15, -0.1) is 0 Å². The summed E-state index contributed by atoms with van der Waals surface area (Å²) in [6.07, 6.45) is 2.19. The minimum Gasteiger partial charge on any atom is -0.457 e. The number of halogens is 3. The van der Waals surface area contributed by atoms with E-state index in [0.29, 0.717) is 24.8 Å². The molecule has 5 atom stereocenters. The predicted octanol–water partition coefficient (Wildman–Crippen LogP) is 6.61. The number of carbonyl (C=O) groups excluding carboxylic acids is 2. The molecule has 9 heteroatoms. The van der Waals surface area contributed by atoms with Crippen molar-refractivity contribution in [3.63, 3.8) is 0 Å². The zero-order chi connectivity index (χ0) is 29.5.